The van der Waals surface area contributed by atoms with E-state index in [4.69, 9.17) is 14.2 Å². The Morgan fingerprint density at radius 2 is 1.84 bits per heavy atom. The Hall–Kier alpha value is -1.26. The molecule has 0 heterocycles. The van der Waals surface area contributed by atoms with E-state index in [-0.39, 0.29) is 12.2 Å². The number of aliphatic hydroxyl groups is 1. The van der Waals surface area contributed by atoms with Crippen molar-refractivity contribution in [3.8, 4) is 11.5 Å². The van der Waals surface area contributed by atoms with E-state index in [1.165, 1.54) is 0 Å². The van der Waals surface area contributed by atoms with Crippen molar-refractivity contribution in [2.24, 2.45) is 0 Å². The molecule has 1 saturated carbocycles. The second-order valence-electron chi connectivity index (χ2n) is 4.70. The lowest BCUT2D eigenvalue weighted by molar-refractivity contribution is -0.160. The fourth-order valence-electron chi connectivity index (χ4n) is 2.09. The van der Waals surface area contributed by atoms with Crippen LogP contribution in [0.2, 0.25) is 0 Å². The predicted molar refractivity (Wildman–Crippen MR) is 72.7 cm³/mol. The van der Waals surface area contributed by atoms with Crippen LogP contribution in [0.4, 0.5) is 0 Å². The Balaban J connectivity index is 1.86. The predicted octanol–water partition coefficient (Wildman–Crippen LogP) is 2.39. The molecule has 1 N–H and O–H groups in total. The number of ether oxygens (including phenoxy) is 3. The first-order valence-corrected chi connectivity index (χ1v) is 6.93. The smallest absolute Gasteiger partial charge is 0.130 e. The summed E-state index contributed by atoms with van der Waals surface area (Å²) in [6.45, 7) is 5.31. The van der Waals surface area contributed by atoms with Crippen molar-refractivity contribution in [2.45, 2.75) is 45.0 Å². The molecule has 3 atom stereocenters. The van der Waals surface area contributed by atoms with Gasteiger partial charge in [0, 0.05) is 13.0 Å². The standard InChI is InChI=1S/C15H22O4/c1-3-9-18-11-5-7-12(8-6-11)19-14-10-13(16)15(14)17-4-2/h5-8,13-16H,3-4,9-10H2,1-2H3. The summed E-state index contributed by atoms with van der Waals surface area (Å²) >= 11 is 0. The zero-order chi connectivity index (χ0) is 13.7. The van der Waals surface area contributed by atoms with Crippen LogP contribution >= 0.6 is 0 Å². The van der Waals surface area contributed by atoms with Crippen LogP contribution < -0.4 is 9.47 Å². The number of hydrogen-bond acceptors (Lipinski definition) is 4. The van der Waals surface area contributed by atoms with Crippen molar-refractivity contribution in [3.05, 3.63) is 24.3 Å². The second kappa shape index (κ2) is 6.78. The van der Waals surface area contributed by atoms with Crippen LogP contribution in [0.3, 0.4) is 0 Å². The lowest BCUT2D eigenvalue weighted by atomic mass is 9.88. The minimum absolute atomic E-state index is 0.0580. The molecule has 0 saturated heterocycles. The normalized spacial score (nSPS) is 25.7. The molecule has 0 aromatic heterocycles. The number of benzene rings is 1. The maximum atomic E-state index is 9.60. The Labute approximate surface area is 114 Å². The highest BCUT2D eigenvalue weighted by Crippen LogP contribution is 2.29. The van der Waals surface area contributed by atoms with Crippen LogP contribution in [0.5, 0.6) is 11.5 Å². The minimum Gasteiger partial charge on any atom is -0.494 e. The van der Waals surface area contributed by atoms with E-state index in [2.05, 4.69) is 6.92 Å². The maximum Gasteiger partial charge on any atom is 0.130 e. The molecule has 1 aliphatic rings. The molecule has 0 bridgehead atoms. The minimum atomic E-state index is -0.405. The van der Waals surface area contributed by atoms with Gasteiger partial charge in [0.25, 0.3) is 0 Å². The highest BCUT2D eigenvalue weighted by atomic mass is 16.6. The lowest BCUT2D eigenvalue weighted by Crippen LogP contribution is -2.55. The molecule has 0 amide bonds. The summed E-state index contributed by atoms with van der Waals surface area (Å²) in [5.74, 6) is 1.63. The zero-order valence-electron chi connectivity index (χ0n) is 11.5. The van der Waals surface area contributed by atoms with Crippen LogP contribution in [0.1, 0.15) is 26.7 Å². The van der Waals surface area contributed by atoms with Gasteiger partial charge in [-0.05, 0) is 37.6 Å². The van der Waals surface area contributed by atoms with Gasteiger partial charge in [-0.15, -0.1) is 0 Å². The Morgan fingerprint density at radius 3 is 2.42 bits per heavy atom. The fourth-order valence-corrected chi connectivity index (χ4v) is 2.09. The summed E-state index contributed by atoms with van der Waals surface area (Å²) in [4.78, 5) is 0. The second-order valence-corrected chi connectivity index (χ2v) is 4.70. The molecule has 0 spiro atoms. The van der Waals surface area contributed by atoms with Gasteiger partial charge in [-0.2, -0.15) is 0 Å². The number of hydrogen-bond donors (Lipinski definition) is 1. The number of rotatable bonds is 7. The van der Waals surface area contributed by atoms with Crippen LogP contribution in [-0.4, -0.2) is 36.6 Å². The van der Waals surface area contributed by atoms with Crippen LogP contribution in [0, 0.1) is 0 Å². The van der Waals surface area contributed by atoms with Gasteiger partial charge in [-0.1, -0.05) is 6.92 Å². The summed E-state index contributed by atoms with van der Waals surface area (Å²) in [7, 11) is 0. The largest absolute Gasteiger partial charge is 0.494 e. The number of aliphatic hydroxyl groups excluding tert-OH is 1. The van der Waals surface area contributed by atoms with Crippen molar-refractivity contribution in [3.63, 3.8) is 0 Å². The van der Waals surface area contributed by atoms with Gasteiger partial charge < -0.3 is 19.3 Å². The van der Waals surface area contributed by atoms with Gasteiger partial charge in [-0.3, -0.25) is 0 Å². The molecule has 0 radical (unpaired) electrons. The summed E-state index contributed by atoms with van der Waals surface area (Å²) < 4.78 is 16.8. The quantitative estimate of drug-likeness (QED) is 0.823. The molecule has 106 valence electrons. The first kappa shape index (κ1) is 14.2. The van der Waals surface area contributed by atoms with E-state index in [1.54, 1.807) is 0 Å². The van der Waals surface area contributed by atoms with E-state index in [9.17, 15) is 5.11 Å². The maximum absolute atomic E-state index is 9.60. The highest BCUT2D eigenvalue weighted by molar-refractivity contribution is 5.31. The third kappa shape index (κ3) is 3.61. The average Bonchev–Trinajstić information content (AvgIpc) is 2.43. The van der Waals surface area contributed by atoms with E-state index >= 15 is 0 Å². The Bertz CT molecular complexity index is 376. The van der Waals surface area contributed by atoms with Gasteiger partial charge in [0.05, 0.1) is 12.7 Å². The Kier molecular flexibility index (Phi) is 5.05. The molecular formula is C15H22O4. The molecule has 19 heavy (non-hydrogen) atoms. The zero-order valence-corrected chi connectivity index (χ0v) is 11.5. The molecule has 1 fully saturated rings. The Morgan fingerprint density at radius 1 is 1.16 bits per heavy atom. The van der Waals surface area contributed by atoms with E-state index in [1.807, 2.05) is 31.2 Å². The topological polar surface area (TPSA) is 47.9 Å². The monoisotopic (exact) mass is 266 g/mol. The van der Waals surface area contributed by atoms with Gasteiger partial charge in [0.1, 0.15) is 23.7 Å². The summed E-state index contributed by atoms with van der Waals surface area (Å²) in [5, 5.41) is 9.60. The van der Waals surface area contributed by atoms with Crippen LogP contribution in [0.15, 0.2) is 24.3 Å². The van der Waals surface area contributed by atoms with Crippen molar-refractivity contribution in [2.75, 3.05) is 13.2 Å². The van der Waals surface area contributed by atoms with E-state index in [0.29, 0.717) is 13.0 Å². The van der Waals surface area contributed by atoms with Gasteiger partial charge in [0.15, 0.2) is 0 Å². The molecule has 4 heteroatoms. The van der Waals surface area contributed by atoms with Crippen molar-refractivity contribution in [1.29, 1.82) is 0 Å². The van der Waals surface area contributed by atoms with Crippen molar-refractivity contribution >= 4 is 0 Å². The SMILES string of the molecule is CCCOc1ccc(OC2CC(O)C2OCC)cc1. The van der Waals surface area contributed by atoms with E-state index < -0.39 is 6.10 Å². The highest BCUT2D eigenvalue weighted by Gasteiger charge is 2.42. The molecule has 0 aliphatic heterocycles. The fraction of sp³-hybridized carbons (Fsp3) is 0.600. The van der Waals surface area contributed by atoms with Crippen LogP contribution in [0.25, 0.3) is 0 Å². The van der Waals surface area contributed by atoms with Gasteiger partial charge >= 0.3 is 0 Å². The first-order chi connectivity index (χ1) is 9.24. The third-order valence-corrected chi connectivity index (χ3v) is 3.16. The third-order valence-electron chi connectivity index (χ3n) is 3.16. The van der Waals surface area contributed by atoms with Crippen LogP contribution in [-0.2, 0) is 4.74 Å². The molecule has 1 aliphatic carbocycles. The molecule has 1 aromatic carbocycles. The molecular weight excluding hydrogens is 244 g/mol. The lowest BCUT2D eigenvalue weighted by Gasteiger charge is -2.40. The van der Waals surface area contributed by atoms with Crippen molar-refractivity contribution < 1.29 is 19.3 Å². The average molecular weight is 266 g/mol. The van der Waals surface area contributed by atoms with Crippen molar-refractivity contribution in [1.82, 2.24) is 0 Å². The van der Waals surface area contributed by atoms with Gasteiger partial charge in [0.2, 0.25) is 0 Å². The van der Waals surface area contributed by atoms with Gasteiger partial charge in [-0.25, -0.2) is 0 Å². The molecule has 3 unspecified atom stereocenters. The van der Waals surface area contributed by atoms with E-state index in [0.717, 1.165) is 24.5 Å². The summed E-state index contributed by atoms with van der Waals surface area (Å²) in [6, 6.07) is 7.57. The summed E-state index contributed by atoms with van der Waals surface area (Å²) in [5.41, 5.74) is 0. The molecule has 1 aromatic rings. The molecule has 4 nitrogen and oxygen atoms in total. The molecule has 2 rings (SSSR count). The summed E-state index contributed by atoms with van der Waals surface area (Å²) in [6.07, 6.45) is 0.947. The first-order valence-electron chi connectivity index (χ1n) is 6.93.